The lowest BCUT2D eigenvalue weighted by Gasteiger charge is -2.37. The monoisotopic (exact) mass is 251 g/mol. The molecule has 1 aliphatic heterocycles. The first-order chi connectivity index (χ1) is 8.35. The molecule has 3 heteroatoms. The Bertz CT molecular complexity index is 317. The van der Waals surface area contributed by atoms with Gasteiger partial charge in [0.05, 0.1) is 12.2 Å². The van der Waals surface area contributed by atoms with Gasteiger partial charge in [0, 0.05) is 0 Å². The molecular formula is C14H21NOS. The molecule has 2 rings (SSSR count). The Kier molecular flexibility index (Phi) is 4.89. The van der Waals surface area contributed by atoms with E-state index in [1.54, 1.807) is 0 Å². The van der Waals surface area contributed by atoms with E-state index < -0.39 is 0 Å². The second-order valence-corrected chi connectivity index (χ2v) is 5.83. The normalized spacial score (nSPS) is 19.1. The van der Waals surface area contributed by atoms with Gasteiger partial charge in [-0.3, -0.25) is 0 Å². The van der Waals surface area contributed by atoms with E-state index in [0.29, 0.717) is 6.61 Å². The van der Waals surface area contributed by atoms with Gasteiger partial charge in [-0.2, -0.15) is 11.8 Å². The van der Waals surface area contributed by atoms with Gasteiger partial charge in [-0.1, -0.05) is 30.3 Å². The predicted octanol–water partition coefficient (Wildman–Crippen LogP) is 2.82. The average Bonchev–Trinajstić information content (AvgIpc) is 2.39. The van der Waals surface area contributed by atoms with Crippen molar-refractivity contribution < 1.29 is 4.74 Å². The van der Waals surface area contributed by atoms with Crippen molar-refractivity contribution >= 4 is 11.8 Å². The summed E-state index contributed by atoms with van der Waals surface area (Å²) in [6.45, 7) is 1.44. The number of nitrogens with two attached hydrogens (primary N) is 1. The molecule has 0 aromatic heterocycles. The largest absolute Gasteiger partial charge is 0.370 e. The summed E-state index contributed by atoms with van der Waals surface area (Å²) >= 11 is 2.02. The fraction of sp³-hybridized carbons (Fsp3) is 0.571. The molecule has 2 nitrogen and oxygen atoms in total. The van der Waals surface area contributed by atoms with Crippen molar-refractivity contribution in [3.8, 4) is 0 Å². The van der Waals surface area contributed by atoms with E-state index in [1.807, 2.05) is 17.8 Å². The molecule has 0 aliphatic carbocycles. The Morgan fingerprint density at radius 3 is 2.53 bits per heavy atom. The molecule has 1 fully saturated rings. The Labute approximate surface area is 108 Å². The van der Waals surface area contributed by atoms with Crippen LogP contribution in [0.5, 0.6) is 0 Å². The van der Waals surface area contributed by atoms with Gasteiger partial charge in [-0.15, -0.1) is 0 Å². The Morgan fingerprint density at radius 2 is 1.88 bits per heavy atom. The average molecular weight is 251 g/mol. The molecule has 0 spiro atoms. The number of thioether (sulfide) groups is 1. The molecule has 17 heavy (non-hydrogen) atoms. The molecular weight excluding hydrogens is 230 g/mol. The SMILES string of the molecule is NCCC1(OCc2ccccc2)CCSCC1. The molecule has 0 atom stereocenters. The maximum atomic E-state index is 6.20. The van der Waals surface area contributed by atoms with Gasteiger partial charge in [0.15, 0.2) is 0 Å². The first-order valence-electron chi connectivity index (χ1n) is 6.30. The van der Waals surface area contributed by atoms with Crippen LogP contribution in [0, 0.1) is 0 Å². The Balaban J connectivity index is 1.93. The summed E-state index contributed by atoms with van der Waals surface area (Å²) in [5, 5.41) is 0. The van der Waals surface area contributed by atoms with Gasteiger partial charge in [-0.25, -0.2) is 0 Å². The second-order valence-electron chi connectivity index (χ2n) is 4.61. The molecule has 1 aromatic rings. The van der Waals surface area contributed by atoms with Crippen molar-refractivity contribution in [2.75, 3.05) is 18.1 Å². The smallest absolute Gasteiger partial charge is 0.0724 e. The molecule has 0 bridgehead atoms. The van der Waals surface area contributed by atoms with Crippen LogP contribution in [-0.2, 0) is 11.3 Å². The Morgan fingerprint density at radius 1 is 1.18 bits per heavy atom. The number of hydrogen-bond donors (Lipinski definition) is 1. The first kappa shape index (κ1) is 12.9. The van der Waals surface area contributed by atoms with Gasteiger partial charge in [-0.05, 0) is 42.9 Å². The molecule has 0 radical (unpaired) electrons. The highest BCUT2D eigenvalue weighted by Gasteiger charge is 2.32. The van der Waals surface area contributed by atoms with E-state index in [0.717, 1.165) is 25.8 Å². The standard InChI is InChI=1S/C14H21NOS/c15-9-6-14(7-10-17-11-8-14)16-12-13-4-2-1-3-5-13/h1-5H,6-12,15H2. The van der Waals surface area contributed by atoms with Crippen LogP contribution in [0.25, 0.3) is 0 Å². The molecule has 2 N–H and O–H groups in total. The number of benzene rings is 1. The maximum Gasteiger partial charge on any atom is 0.0724 e. The highest BCUT2D eigenvalue weighted by Crippen LogP contribution is 2.33. The maximum absolute atomic E-state index is 6.20. The fourth-order valence-corrected chi connectivity index (χ4v) is 3.52. The number of hydrogen-bond acceptors (Lipinski definition) is 3. The van der Waals surface area contributed by atoms with Gasteiger partial charge in [0.1, 0.15) is 0 Å². The van der Waals surface area contributed by atoms with Gasteiger partial charge >= 0.3 is 0 Å². The second kappa shape index (κ2) is 6.43. The van der Waals surface area contributed by atoms with Gasteiger partial charge in [0.25, 0.3) is 0 Å². The summed E-state index contributed by atoms with van der Waals surface area (Å²) in [5.74, 6) is 2.41. The van der Waals surface area contributed by atoms with E-state index in [1.165, 1.54) is 17.1 Å². The van der Waals surface area contributed by atoms with Crippen LogP contribution in [0.2, 0.25) is 0 Å². The van der Waals surface area contributed by atoms with Gasteiger partial charge in [0.2, 0.25) is 0 Å². The Hall–Kier alpha value is -0.510. The van der Waals surface area contributed by atoms with E-state index in [4.69, 9.17) is 10.5 Å². The van der Waals surface area contributed by atoms with Gasteiger partial charge < -0.3 is 10.5 Å². The van der Waals surface area contributed by atoms with E-state index >= 15 is 0 Å². The van der Waals surface area contributed by atoms with E-state index in [-0.39, 0.29) is 5.60 Å². The molecule has 1 aromatic carbocycles. The zero-order valence-corrected chi connectivity index (χ0v) is 11.0. The summed E-state index contributed by atoms with van der Waals surface area (Å²) in [7, 11) is 0. The number of ether oxygens (including phenoxy) is 1. The predicted molar refractivity (Wildman–Crippen MR) is 74.2 cm³/mol. The third-order valence-corrected chi connectivity index (χ3v) is 4.38. The lowest BCUT2D eigenvalue weighted by Crippen LogP contribution is -2.38. The lowest BCUT2D eigenvalue weighted by molar-refractivity contribution is -0.0664. The zero-order valence-electron chi connectivity index (χ0n) is 10.2. The molecule has 0 unspecified atom stereocenters. The highest BCUT2D eigenvalue weighted by molar-refractivity contribution is 7.99. The fourth-order valence-electron chi connectivity index (χ4n) is 2.28. The summed E-state index contributed by atoms with van der Waals surface area (Å²) in [6, 6.07) is 10.4. The first-order valence-corrected chi connectivity index (χ1v) is 7.46. The van der Waals surface area contributed by atoms with Crippen molar-refractivity contribution in [1.82, 2.24) is 0 Å². The van der Waals surface area contributed by atoms with Crippen LogP contribution in [0.1, 0.15) is 24.8 Å². The van der Waals surface area contributed by atoms with Crippen LogP contribution < -0.4 is 5.73 Å². The summed E-state index contributed by atoms with van der Waals surface area (Å²) < 4.78 is 6.20. The molecule has 0 amide bonds. The van der Waals surface area contributed by atoms with Crippen LogP contribution in [-0.4, -0.2) is 23.7 Å². The minimum atomic E-state index is 0.0375. The molecule has 1 saturated heterocycles. The molecule has 0 saturated carbocycles. The molecule has 1 heterocycles. The lowest BCUT2D eigenvalue weighted by atomic mass is 9.92. The topological polar surface area (TPSA) is 35.2 Å². The van der Waals surface area contributed by atoms with Crippen molar-refractivity contribution in [2.24, 2.45) is 5.73 Å². The minimum absolute atomic E-state index is 0.0375. The highest BCUT2D eigenvalue weighted by atomic mass is 32.2. The van der Waals surface area contributed by atoms with Crippen LogP contribution in [0.3, 0.4) is 0 Å². The molecule has 1 aliphatic rings. The summed E-state index contributed by atoms with van der Waals surface area (Å²) in [4.78, 5) is 0. The van der Waals surface area contributed by atoms with Crippen molar-refractivity contribution in [2.45, 2.75) is 31.5 Å². The third-order valence-electron chi connectivity index (χ3n) is 3.39. The van der Waals surface area contributed by atoms with E-state index in [2.05, 4.69) is 24.3 Å². The van der Waals surface area contributed by atoms with Crippen molar-refractivity contribution in [3.05, 3.63) is 35.9 Å². The van der Waals surface area contributed by atoms with Crippen LogP contribution >= 0.6 is 11.8 Å². The molecule has 94 valence electrons. The van der Waals surface area contributed by atoms with Crippen molar-refractivity contribution in [1.29, 1.82) is 0 Å². The van der Waals surface area contributed by atoms with E-state index in [9.17, 15) is 0 Å². The quantitative estimate of drug-likeness (QED) is 0.874. The number of rotatable bonds is 5. The summed E-state index contributed by atoms with van der Waals surface area (Å²) in [5.41, 5.74) is 7.02. The third kappa shape index (κ3) is 3.73. The minimum Gasteiger partial charge on any atom is -0.370 e. The summed E-state index contributed by atoms with van der Waals surface area (Å²) in [6.07, 6.45) is 3.27. The zero-order chi connectivity index (χ0) is 12.0. The van der Waals surface area contributed by atoms with Crippen molar-refractivity contribution in [3.63, 3.8) is 0 Å². The van der Waals surface area contributed by atoms with Crippen LogP contribution in [0.4, 0.5) is 0 Å². The van der Waals surface area contributed by atoms with Crippen LogP contribution in [0.15, 0.2) is 30.3 Å².